The molecule has 1 atom stereocenters. The third kappa shape index (κ3) is 2.09. The molecule has 2 aliphatic rings. The molecule has 2 heterocycles. The van der Waals surface area contributed by atoms with Crippen molar-refractivity contribution in [1.82, 2.24) is 4.98 Å². The van der Waals surface area contributed by atoms with Gasteiger partial charge in [-0.05, 0) is 30.9 Å². The molecule has 0 amide bonds. The highest BCUT2D eigenvalue weighted by atomic mass is 19.4. The first-order valence-corrected chi connectivity index (χ1v) is 6.00. The summed E-state index contributed by atoms with van der Waals surface area (Å²) in [6, 6.07) is 2.80. The van der Waals surface area contributed by atoms with Gasteiger partial charge in [0.05, 0.1) is 0 Å². The third-order valence-electron chi connectivity index (χ3n) is 3.56. The summed E-state index contributed by atoms with van der Waals surface area (Å²) in [6.07, 6.45) is 1.34. The van der Waals surface area contributed by atoms with E-state index in [9.17, 15) is 13.2 Å². The van der Waals surface area contributed by atoms with Crippen molar-refractivity contribution in [3.05, 3.63) is 35.7 Å². The van der Waals surface area contributed by atoms with Crippen LogP contribution in [0.1, 0.15) is 18.5 Å². The van der Waals surface area contributed by atoms with E-state index in [1.165, 1.54) is 11.8 Å². The van der Waals surface area contributed by atoms with E-state index in [0.29, 0.717) is 11.6 Å². The number of rotatable bonds is 1. The summed E-state index contributed by atoms with van der Waals surface area (Å²) >= 11 is 0. The lowest BCUT2D eigenvalue weighted by molar-refractivity contribution is -0.141. The van der Waals surface area contributed by atoms with Gasteiger partial charge in [0.2, 0.25) is 0 Å². The Morgan fingerprint density at radius 2 is 2.17 bits per heavy atom. The largest absolute Gasteiger partial charge is 0.433 e. The van der Waals surface area contributed by atoms with Crippen molar-refractivity contribution >= 4 is 5.69 Å². The van der Waals surface area contributed by atoms with Gasteiger partial charge in [-0.1, -0.05) is 11.6 Å². The molecule has 3 rings (SSSR count). The van der Waals surface area contributed by atoms with Crippen molar-refractivity contribution in [2.75, 3.05) is 18.0 Å². The maximum absolute atomic E-state index is 12.6. The van der Waals surface area contributed by atoms with Crippen LogP contribution in [0.5, 0.6) is 0 Å². The fourth-order valence-electron chi connectivity index (χ4n) is 2.71. The number of anilines is 1. The lowest BCUT2D eigenvalue weighted by atomic mass is 10.1. The summed E-state index contributed by atoms with van der Waals surface area (Å²) in [5.74, 6) is 0.497. The van der Waals surface area contributed by atoms with Crippen molar-refractivity contribution in [3.8, 4) is 0 Å². The predicted molar refractivity (Wildman–Crippen MR) is 62.3 cm³/mol. The Labute approximate surface area is 103 Å². The van der Waals surface area contributed by atoms with E-state index in [0.717, 1.165) is 32.0 Å². The van der Waals surface area contributed by atoms with Crippen LogP contribution in [0.2, 0.25) is 0 Å². The normalized spacial score (nSPS) is 23.2. The molecule has 2 bridgehead atoms. The first-order valence-electron chi connectivity index (χ1n) is 6.00. The Hall–Kier alpha value is -1.52. The van der Waals surface area contributed by atoms with Crippen LogP contribution in [-0.2, 0) is 6.18 Å². The molecule has 0 aromatic carbocycles. The predicted octanol–water partition coefficient (Wildman–Crippen LogP) is 3.26. The number of alkyl halides is 3. The molecule has 0 saturated carbocycles. The number of hydrogen-bond donors (Lipinski definition) is 0. The fraction of sp³-hybridized carbons (Fsp3) is 0.462. The molecular formula is C13H13F3N2. The molecule has 5 heteroatoms. The van der Waals surface area contributed by atoms with Crippen molar-refractivity contribution in [3.63, 3.8) is 0 Å². The number of halogens is 3. The highest BCUT2D eigenvalue weighted by molar-refractivity contribution is 5.50. The zero-order valence-electron chi connectivity index (χ0n) is 9.74. The summed E-state index contributed by atoms with van der Waals surface area (Å²) in [4.78, 5) is 5.41. The summed E-state index contributed by atoms with van der Waals surface area (Å²) in [7, 11) is 0. The maximum atomic E-state index is 12.6. The van der Waals surface area contributed by atoms with Gasteiger partial charge in [0.25, 0.3) is 0 Å². The van der Waals surface area contributed by atoms with Crippen LogP contribution in [0, 0.1) is 5.92 Å². The van der Waals surface area contributed by atoms with Crippen LogP contribution in [0.3, 0.4) is 0 Å². The number of nitrogens with zero attached hydrogens (tertiary/aromatic N) is 2. The van der Waals surface area contributed by atoms with Crippen LogP contribution >= 0.6 is 0 Å². The van der Waals surface area contributed by atoms with Gasteiger partial charge in [-0.15, -0.1) is 0 Å². The number of hydrogen-bond acceptors (Lipinski definition) is 2. The molecule has 1 aliphatic carbocycles. The van der Waals surface area contributed by atoms with E-state index in [4.69, 9.17) is 0 Å². The van der Waals surface area contributed by atoms with Gasteiger partial charge < -0.3 is 4.90 Å². The first-order chi connectivity index (χ1) is 8.52. The van der Waals surface area contributed by atoms with Crippen molar-refractivity contribution in [1.29, 1.82) is 0 Å². The molecule has 0 saturated heterocycles. The monoisotopic (exact) mass is 254 g/mol. The number of fused-ring (bicyclic) bond motifs is 1. The van der Waals surface area contributed by atoms with Crippen LogP contribution in [0.4, 0.5) is 18.9 Å². The Balaban J connectivity index is 1.87. The van der Waals surface area contributed by atoms with Gasteiger partial charge in [-0.2, -0.15) is 13.2 Å². The number of pyridine rings is 1. The van der Waals surface area contributed by atoms with Crippen molar-refractivity contribution in [2.24, 2.45) is 5.92 Å². The van der Waals surface area contributed by atoms with E-state index in [2.05, 4.69) is 11.1 Å². The zero-order valence-corrected chi connectivity index (χ0v) is 9.74. The van der Waals surface area contributed by atoms with E-state index >= 15 is 0 Å². The van der Waals surface area contributed by atoms with E-state index in [1.54, 1.807) is 6.07 Å². The zero-order chi connectivity index (χ0) is 12.8. The maximum Gasteiger partial charge on any atom is 0.433 e. The van der Waals surface area contributed by atoms with Gasteiger partial charge in [0, 0.05) is 25.0 Å². The SMILES string of the molecule is FC(F)(F)c1cc(N2CC3=C[C@@H](CC3)C2)ccn1. The molecule has 96 valence electrons. The fourth-order valence-corrected chi connectivity index (χ4v) is 2.71. The quantitative estimate of drug-likeness (QED) is 0.715. The van der Waals surface area contributed by atoms with Crippen LogP contribution < -0.4 is 4.90 Å². The van der Waals surface area contributed by atoms with Crippen LogP contribution in [0.25, 0.3) is 0 Å². The van der Waals surface area contributed by atoms with Gasteiger partial charge in [-0.25, -0.2) is 0 Å². The Kier molecular flexibility index (Phi) is 2.57. The first kappa shape index (κ1) is 11.6. The van der Waals surface area contributed by atoms with Gasteiger partial charge >= 0.3 is 6.18 Å². The van der Waals surface area contributed by atoms with Crippen LogP contribution in [0.15, 0.2) is 30.0 Å². The smallest absolute Gasteiger partial charge is 0.367 e. The highest BCUT2D eigenvalue weighted by Gasteiger charge is 2.33. The molecule has 1 aliphatic heterocycles. The third-order valence-corrected chi connectivity index (χ3v) is 3.56. The Bertz CT molecular complexity index is 493. The van der Waals surface area contributed by atoms with E-state index < -0.39 is 11.9 Å². The van der Waals surface area contributed by atoms with Gasteiger partial charge in [-0.3, -0.25) is 4.98 Å². The van der Waals surface area contributed by atoms with E-state index in [1.807, 2.05) is 4.90 Å². The Morgan fingerprint density at radius 3 is 2.89 bits per heavy atom. The van der Waals surface area contributed by atoms with Crippen molar-refractivity contribution < 1.29 is 13.2 Å². The summed E-state index contributed by atoms with van der Waals surface area (Å²) in [5.41, 5.74) is 1.15. The molecular weight excluding hydrogens is 241 g/mol. The molecule has 0 fully saturated rings. The summed E-state index contributed by atoms with van der Waals surface area (Å²) in [6.45, 7) is 1.56. The summed E-state index contributed by atoms with van der Waals surface area (Å²) in [5, 5.41) is 0. The Morgan fingerprint density at radius 1 is 1.33 bits per heavy atom. The second kappa shape index (κ2) is 4.00. The second-order valence-corrected chi connectivity index (χ2v) is 4.90. The van der Waals surface area contributed by atoms with Gasteiger partial charge in [0.15, 0.2) is 0 Å². The lowest BCUT2D eigenvalue weighted by Gasteiger charge is -2.29. The van der Waals surface area contributed by atoms with Crippen LogP contribution in [-0.4, -0.2) is 18.1 Å². The average Bonchev–Trinajstić information content (AvgIpc) is 2.67. The van der Waals surface area contributed by atoms with E-state index in [-0.39, 0.29) is 0 Å². The molecule has 2 nitrogen and oxygen atoms in total. The molecule has 1 aromatic heterocycles. The van der Waals surface area contributed by atoms with Gasteiger partial charge in [0.1, 0.15) is 5.69 Å². The molecule has 0 unspecified atom stereocenters. The molecule has 0 spiro atoms. The minimum absolute atomic E-state index is 0.497. The second-order valence-electron chi connectivity index (χ2n) is 4.90. The molecule has 18 heavy (non-hydrogen) atoms. The molecule has 0 radical (unpaired) electrons. The standard InChI is InChI=1S/C13H13F3N2/c14-13(15,16)12-6-11(3-4-17-12)18-7-9-1-2-10(5-9)8-18/h3-6,9H,1-2,7-8H2/t9-/m1/s1. The minimum atomic E-state index is -4.37. The minimum Gasteiger partial charge on any atom is -0.367 e. The summed E-state index contributed by atoms with van der Waals surface area (Å²) < 4.78 is 37.8. The number of aromatic nitrogens is 1. The molecule has 0 N–H and O–H groups in total. The lowest BCUT2D eigenvalue weighted by Crippen LogP contribution is -2.31. The molecule has 1 aromatic rings. The average molecular weight is 254 g/mol. The van der Waals surface area contributed by atoms with Crippen molar-refractivity contribution in [2.45, 2.75) is 19.0 Å². The topological polar surface area (TPSA) is 16.1 Å². The highest BCUT2D eigenvalue weighted by Crippen LogP contribution is 2.35.